The van der Waals surface area contributed by atoms with Crippen molar-refractivity contribution in [1.82, 2.24) is 0 Å². The number of nitrogens with one attached hydrogen (secondary N) is 1. The van der Waals surface area contributed by atoms with Gasteiger partial charge in [0.2, 0.25) is 0 Å². The molecule has 0 aliphatic heterocycles. The van der Waals surface area contributed by atoms with Gasteiger partial charge in [0, 0.05) is 23.2 Å². The molecule has 0 saturated carbocycles. The van der Waals surface area contributed by atoms with Crippen molar-refractivity contribution in [2.24, 2.45) is 0 Å². The Balaban J connectivity index is 2.04. The summed E-state index contributed by atoms with van der Waals surface area (Å²) in [5.41, 5.74) is 7.51. The van der Waals surface area contributed by atoms with E-state index in [1.165, 1.54) is 4.88 Å². The number of nitrogens with two attached hydrogens (primary N) is 1. The van der Waals surface area contributed by atoms with E-state index in [2.05, 4.69) is 5.32 Å². The summed E-state index contributed by atoms with van der Waals surface area (Å²) >= 11 is 7.47. The fraction of sp³-hybridized carbons (Fsp3) is 0.286. The zero-order chi connectivity index (χ0) is 13.8. The summed E-state index contributed by atoms with van der Waals surface area (Å²) in [5, 5.41) is 3.33. The van der Waals surface area contributed by atoms with Crippen LogP contribution in [0.2, 0.25) is 4.34 Å². The van der Waals surface area contributed by atoms with E-state index in [9.17, 15) is 0 Å². The Morgan fingerprint density at radius 1 is 1.32 bits per heavy atom. The van der Waals surface area contributed by atoms with Crippen LogP contribution >= 0.6 is 22.9 Å². The third-order valence-corrected chi connectivity index (χ3v) is 3.70. The molecule has 0 aliphatic rings. The van der Waals surface area contributed by atoms with Crippen LogP contribution in [0.5, 0.6) is 5.75 Å². The maximum atomic E-state index is 5.90. The fourth-order valence-electron chi connectivity index (χ4n) is 1.64. The molecule has 1 aromatic heterocycles. The highest BCUT2D eigenvalue weighted by Gasteiger charge is 2.05. The minimum Gasteiger partial charge on any atom is -0.489 e. The van der Waals surface area contributed by atoms with Crippen LogP contribution in [0.4, 0.5) is 11.4 Å². The molecule has 1 heterocycles. The number of ether oxygens (including phenoxy) is 1. The number of nitrogen functional groups attached to an aromatic ring is 1. The van der Waals surface area contributed by atoms with Crippen molar-refractivity contribution in [2.45, 2.75) is 26.5 Å². The summed E-state index contributed by atoms with van der Waals surface area (Å²) in [7, 11) is 0. The van der Waals surface area contributed by atoms with E-state index < -0.39 is 0 Å². The smallest absolute Gasteiger partial charge is 0.144 e. The van der Waals surface area contributed by atoms with Gasteiger partial charge in [0.05, 0.1) is 16.1 Å². The molecule has 0 aliphatic carbocycles. The van der Waals surface area contributed by atoms with Crippen molar-refractivity contribution in [2.75, 3.05) is 11.1 Å². The normalized spacial score (nSPS) is 10.7. The Morgan fingerprint density at radius 3 is 2.74 bits per heavy atom. The molecule has 2 aromatic rings. The molecule has 5 heteroatoms. The van der Waals surface area contributed by atoms with E-state index in [1.54, 1.807) is 11.3 Å². The van der Waals surface area contributed by atoms with Crippen molar-refractivity contribution in [3.05, 3.63) is 39.5 Å². The summed E-state index contributed by atoms with van der Waals surface area (Å²) in [4.78, 5) is 1.19. The highest BCUT2D eigenvalue weighted by Crippen LogP contribution is 2.27. The van der Waals surface area contributed by atoms with Crippen LogP contribution in [0, 0.1) is 0 Å². The minimum absolute atomic E-state index is 0.105. The molecule has 1 aromatic carbocycles. The van der Waals surface area contributed by atoms with Gasteiger partial charge in [-0.15, -0.1) is 11.3 Å². The third kappa shape index (κ3) is 4.04. The molecule has 0 atom stereocenters. The first kappa shape index (κ1) is 14.0. The number of anilines is 2. The van der Waals surface area contributed by atoms with E-state index >= 15 is 0 Å². The molecule has 102 valence electrons. The van der Waals surface area contributed by atoms with Crippen LogP contribution in [0.15, 0.2) is 30.3 Å². The summed E-state index contributed by atoms with van der Waals surface area (Å²) in [6.07, 6.45) is 0.105. The van der Waals surface area contributed by atoms with E-state index in [0.717, 1.165) is 16.6 Å². The van der Waals surface area contributed by atoms with Crippen LogP contribution in [0.1, 0.15) is 18.7 Å². The second-order valence-electron chi connectivity index (χ2n) is 4.48. The van der Waals surface area contributed by atoms with Crippen LogP contribution in [0.3, 0.4) is 0 Å². The number of hydrogen-bond donors (Lipinski definition) is 2. The Bertz CT molecular complexity index is 554. The van der Waals surface area contributed by atoms with Crippen molar-refractivity contribution in [3.8, 4) is 5.75 Å². The average molecular weight is 297 g/mol. The zero-order valence-corrected chi connectivity index (χ0v) is 12.5. The summed E-state index contributed by atoms with van der Waals surface area (Å²) in [6, 6.07) is 9.63. The van der Waals surface area contributed by atoms with Crippen molar-refractivity contribution in [1.29, 1.82) is 0 Å². The number of rotatable bonds is 5. The fourth-order valence-corrected chi connectivity index (χ4v) is 2.66. The summed E-state index contributed by atoms with van der Waals surface area (Å²) in [6.45, 7) is 4.70. The van der Waals surface area contributed by atoms with Gasteiger partial charge in [-0.25, -0.2) is 0 Å². The highest BCUT2D eigenvalue weighted by molar-refractivity contribution is 7.16. The largest absolute Gasteiger partial charge is 0.489 e. The van der Waals surface area contributed by atoms with Gasteiger partial charge in [0.25, 0.3) is 0 Å². The standard InChI is InChI=1S/C14H17ClN2OS/c1-9(2)18-13-7-10(3-5-12(13)16)17-8-11-4-6-14(15)19-11/h3-7,9,17H,8,16H2,1-2H3. The van der Waals surface area contributed by atoms with Crippen molar-refractivity contribution < 1.29 is 4.74 Å². The maximum absolute atomic E-state index is 5.90. The van der Waals surface area contributed by atoms with Crippen LogP contribution in [-0.2, 0) is 6.54 Å². The molecular weight excluding hydrogens is 280 g/mol. The molecule has 3 N–H and O–H groups in total. The SMILES string of the molecule is CC(C)Oc1cc(NCc2ccc(Cl)s2)ccc1N. The highest BCUT2D eigenvalue weighted by atomic mass is 35.5. The predicted octanol–water partition coefficient (Wildman–Crippen LogP) is 4.38. The minimum atomic E-state index is 0.105. The zero-order valence-electron chi connectivity index (χ0n) is 10.9. The summed E-state index contributed by atoms with van der Waals surface area (Å²) < 4.78 is 6.46. The topological polar surface area (TPSA) is 47.3 Å². The molecule has 0 unspecified atom stereocenters. The van der Waals surface area contributed by atoms with Gasteiger partial charge in [-0.3, -0.25) is 0 Å². The molecule has 2 rings (SSSR count). The lowest BCUT2D eigenvalue weighted by molar-refractivity contribution is 0.244. The van der Waals surface area contributed by atoms with E-state index in [1.807, 2.05) is 44.2 Å². The molecule has 19 heavy (non-hydrogen) atoms. The first-order valence-electron chi connectivity index (χ1n) is 6.09. The molecule has 0 saturated heterocycles. The number of thiophene rings is 1. The van der Waals surface area contributed by atoms with E-state index in [-0.39, 0.29) is 6.10 Å². The molecule has 0 spiro atoms. The first-order valence-corrected chi connectivity index (χ1v) is 7.28. The Labute approximate surface area is 122 Å². The van der Waals surface area contributed by atoms with Gasteiger partial charge in [0.1, 0.15) is 5.75 Å². The quantitative estimate of drug-likeness (QED) is 0.805. The predicted molar refractivity (Wildman–Crippen MR) is 83.3 cm³/mol. The Kier molecular flexibility index (Phi) is 4.56. The molecule has 0 bridgehead atoms. The maximum Gasteiger partial charge on any atom is 0.144 e. The second kappa shape index (κ2) is 6.17. The summed E-state index contributed by atoms with van der Waals surface area (Å²) in [5.74, 6) is 0.712. The van der Waals surface area contributed by atoms with Gasteiger partial charge in [-0.05, 0) is 38.1 Å². The third-order valence-electron chi connectivity index (χ3n) is 2.47. The van der Waals surface area contributed by atoms with Gasteiger partial charge in [-0.2, -0.15) is 0 Å². The molecule has 3 nitrogen and oxygen atoms in total. The van der Waals surface area contributed by atoms with Gasteiger partial charge in [0.15, 0.2) is 0 Å². The number of benzene rings is 1. The van der Waals surface area contributed by atoms with Crippen LogP contribution < -0.4 is 15.8 Å². The van der Waals surface area contributed by atoms with Gasteiger partial charge in [-0.1, -0.05) is 11.6 Å². The first-order chi connectivity index (χ1) is 9.04. The lowest BCUT2D eigenvalue weighted by Crippen LogP contribution is -2.08. The average Bonchev–Trinajstić information content (AvgIpc) is 2.75. The van der Waals surface area contributed by atoms with Crippen molar-refractivity contribution >= 4 is 34.3 Å². The van der Waals surface area contributed by atoms with Gasteiger partial charge >= 0.3 is 0 Å². The van der Waals surface area contributed by atoms with Gasteiger partial charge < -0.3 is 15.8 Å². The number of halogens is 1. The second-order valence-corrected chi connectivity index (χ2v) is 6.28. The van der Waals surface area contributed by atoms with Crippen LogP contribution in [0.25, 0.3) is 0 Å². The lowest BCUT2D eigenvalue weighted by Gasteiger charge is -2.14. The van der Waals surface area contributed by atoms with E-state index in [0.29, 0.717) is 11.4 Å². The number of hydrogen-bond acceptors (Lipinski definition) is 4. The van der Waals surface area contributed by atoms with Crippen LogP contribution in [-0.4, -0.2) is 6.10 Å². The monoisotopic (exact) mass is 296 g/mol. The lowest BCUT2D eigenvalue weighted by atomic mass is 10.2. The molecule has 0 amide bonds. The molecular formula is C14H17ClN2OS. The Hall–Kier alpha value is -1.39. The molecule has 0 fully saturated rings. The Morgan fingerprint density at radius 2 is 2.11 bits per heavy atom. The van der Waals surface area contributed by atoms with E-state index in [4.69, 9.17) is 22.1 Å². The van der Waals surface area contributed by atoms with Crippen molar-refractivity contribution in [3.63, 3.8) is 0 Å². The molecule has 0 radical (unpaired) electrons.